The van der Waals surface area contributed by atoms with Gasteiger partial charge in [0.05, 0.1) is 5.69 Å². The first kappa shape index (κ1) is 17.5. The third kappa shape index (κ3) is 3.13. The Bertz CT molecular complexity index is 1060. The van der Waals surface area contributed by atoms with E-state index in [0.29, 0.717) is 22.4 Å². The fourth-order valence-corrected chi connectivity index (χ4v) is 2.89. The van der Waals surface area contributed by atoms with Crippen LogP contribution in [0.15, 0.2) is 33.5 Å². The zero-order valence-corrected chi connectivity index (χ0v) is 14.4. The fourth-order valence-electron chi connectivity index (χ4n) is 2.89. The highest BCUT2D eigenvalue weighted by molar-refractivity contribution is 6.03. The van der Waals surface area contributed by atoms with Gasteiger partial charge in [-0.05, 0) is 50.6 Å². The van der Waals surface area contributed by atoms with Gasteiger partial charge in [0.2, 0.25) is 11.7 Å². The Balaban J connectivity index is 1.89. The molecule has 0 saturated heterocycles. The molecule has 7 nitrogen and oxygen atoms in total. The van der Waals surface area contributed by atoms with E-state index in [4.69, 9.17) is 4.42 Å². The van der Waals surface area contributed by atoms with Crippen LogP contribution in [0.2, 0.25) is 0 Å². The number of carbonyl (C=O) groups excluding carboxylic acids is 2. The van der Waals surface area contributed by atoms with E-state index >= 15 is 0 Å². The zero-order chi connectivity index (χ0) is 19.0. The molecule has 2 aromatic heterocycles. The Morgan fingerprint density at radius 2 is 1.88 bits per heavy atom. The van der Waals surface area contributed by atoms with E-state index in [-0.39, 0.29) is 23.9 Å². The van der Waals surface area contributed by atoms with Crippen molar-refractivity contribution in [3.63, 3.8) is 0 Å². The monoisotopic (exact) mass is 357 g/mol. The molecule has 3 rings (SSSR count). The summed E-state index contributed by atoms with van der Waals surface area (Å²) < 4.78 is 18.9. The molecule has 0 spiro atoms. The number of H-pyrrole nitrogens is 1. The molecule has 3 aromatic rings. The normalized spacial score (nSPS) is 10.9. The summed E-state index contributed by atoms with van der Waals surface area (Å²) in [6.07, 6.45) is 0. The Morgan fingerprint density at radius 1 is 1.23 bits per heavy atom. The average Bonchev–Trinajstić information content (AvgIpc) is 3.08. The second-order valence-electron chi connectivity index (χ2n) is 5.94. The van der Waals surface area contributed by atoms with Crippen molar-refractivity contribution in [2.24, 2.45) is 0 Å². The lowest BCUT2D eigenvalue weighted by molar-refractivity contribution is 0.0959. The highest BCUT2D eigenvalue weighted by Gasteiger charge is 2.21. The molecule has 0 atom stereocenters. The molecule has 0 bridgehead atoms. The van der Waals surface area contributed by atoms with Gasteiger partial charge in [-0.15, -0.1) is 5.10 Å². The van der Waals surface area contributed by atoms with Crippen LogP contribution >= 0.6 is 0 Å². The number of benzene rings is 1. The average molecular weight is 357 g/mol. The zero-order valence-electron chi connectivity index (χ0n) is 14.4. The maximum absolute atomic E-state index is 13.0. The number of hydrogen-bond donors (Lipinski definition) is 1. The van der Waals surface area contributed by atoms with Gasteiger partial charge in [-0.3, -0.25) is 9.59 Å². The van der Waals surface area contributed by atoms with E-state index in [0.717, 1.165) is 4.68 Å². The van der Waals surface area contributed by atoms with Crippen molar-refractivity contribution < 1.29 is 18.4 Å². The number of carbonyl (C=O) groups is 2. The number of aryl methyl sites for hydroxylation is 1. The van der Waals surface area contributed by atoms with Crippen LogP contribution in [0.5, 0.6) is 0 Å². The van der Waals surface area contributed by atoms with Crippen molar-refractivity contribution in [1.82, 2.24) is 14.8 Å². The van der Waals surface area contributed by atoms with Crippen LogP contribution in [0.1, 0.15) is 39.0 Å². The van der Waals surface area contributed by atoms with Crippen LogP contribution in [-0.4, -0.2) is 26.3 Å². The molecule has 0 unspecified atom stereocenters. The van der Waals surface area contributed by atoms with Crippen molar-refractivity contribution in [3.05, 3.63) is 63.1 Å². The molecule has 0 saturated carbocycles. The van der Waals surface area contributed by atoms with Gasteiger partial charge in [-0.2, -0.15) is 4.68 Å². The van der Waals surface area contributed by atoms with E-state index in [1.54, 1.807) is 13.8 Å². The SMILES string of the molecule is CC(=O)c1c(C)[nH]c(C(=O)Cn2nc(-c3ccc(F)cc3)oc2=O)c1C. The summed E-state index contributed by atoms with van der Waals surface area (Å²) in [5, 5.41) is 3.98. The van der Waals surface area contributed by atoms with Gasteiger partial charge in [0.25, 0.3) is 0 Å². The van der Waals surface area contributed by atoms with E-state index in [2.05, 4.69) is 10.1 Å². The van der Waals surface area contributed by atoms with Crippen LogP contribution < -0.4 is 5.76 Å². The second kappa shape index (κ2) is 6.55. The third-order valence-electron chi connectivity index (χ3n) is 4.06. The van der Waals surface area contributed by atoms with Crippen LogP contribution in [0.3, 0.4) is 0 Å². The number of aromatic nitrogens is 3. The van der Waals surface area contributed by atoms with Gasteiger partial charge in [-0.1, -0.05) is 0 Å². The number of halogens is 1. The highest BCUT2D eigenvalue weighted by atomic mass is 19.1. The van der Waals surface area contributed by atoms with Gasteiger partial charge in [-0.25, -0.2) is 9.18 Å². The maximum atomic E-state index is 13.0. The molecule has 2 heterocycles. The van der Waals surface area contributed by atoms with E-state index < -0.39 is 17.4 Å². The summed E-state index contributed by atoms with van der Waals surface area (Å²) in [6.45, 7) is 4.45. The Hall–Kier alpha value is -3.29. The van der Waals surface area contributed by atoms with Gasteiger partial charge >= 0.3 is 5.76 Å². The highest BCUT2D eigenvalue weighted by Crippen LogP contribution is 2.20. The largest absolute Gasteiger partial charge is 0.437 e. The van der Waals surface area contributed by atoms with E-state index in [1.807, 2.05) is 0 Å². The molecule has 26 heavy (non-hydrogen) atoms. The molecule has 0 aliphatic carbocycles. The summed E-state index contributed by atoms with van der Waals surface area (Å²) in [6, 6.07) is 5.27. The van der Waals surface area contributed by atoms with Crippen molar-refractivity contribution in [3.8, 4) is 11.5 Å². The molecule has 8 heteroatoms. The molecule has 134 valence electrons. The number of nitrogens with zero attached hydrogens (tertiary/aromatic N) is 2. The van der Waals surface area contributed by atoms with Gasteiger partial charge in [0.15, 0.2) is 5.78 Å². The summed E-state index contributed by atoms with van der Waals surface area (Å²) in [5.41, 5.74) is 2.27. The smallest absolute Gasteiger partial charge is 0.388 e. The quantitative estimate of drug-likeness (QED) is 0.708. The van der Waals surface area contributed by atoms with Gasteiger partial charge in [0, 0.05) is 16.8 Å². The number of ketones is 2. The summed E-state index contributed by atoms with van der Waals surface area (Å²) in [5.74, 6) is -1.78. The predicted molar refractivity (Wildman–Crippen MR) is 90.8 cm³/mol. The maximum Gasteiger partial charge on any atom is 0.437 e. The van der Waals surface area contributed by atoms with Crippen molar-refractivity contribution >= 4 is 11.6 Å². The van der Waals surface area contributed by atoms with Gasteiger partial charge in [0.1, 0.15) is 12.4 Å². The molecular weight excluding hydrogens is 341 g/mol. The molecule has 1 aromatic carbocycles. The predicted octanol–water partition coefficient (Wildman–Crippen LogP) is 2.67. The minimum absolute atomic E-state index is 0.00777. The summed E-state index contributed by atoms with van der Waals surface area (Å²) in [7, 11) is 0. The number of nitrogens with one attached hydrogen (secondary N) is 1. The Morgan fingerprint density at radius 3 is 2.46 bits per heavy atom. The van der Waals surface area contributed by atoms with Crippen LogP contribution in [0, 0.1) is 19.7 Å². The molecule has 0 aliphatic rings. The van der Waals surface area contributed by atoms with Crippen LogP contribution in [0.4, 0.5) is 4.39 Å². The molecule has 1 N–H and O–H groups in total. The van der Waals surface area contributed by atoms with E-state index in [1.165, 1.54) is 31.2 Å². The lowest BCUT2D eigenvalue weighted by Crippen LogP contribution is -2.22. The molecule has 0 fully saturated rings. The third-order valence-corrected chi connectivity index (χ3v) is 4.06. The van der Waals surface area contributed by atoms with Crippen molar-refractivity contribution in [1.29, 1.82) is 0 Å². The molecular formula is C18H16FN3O4. The fraction of sp³-hybridized carbons (Fsp3) is 0.222. The minimum Gasteiger partial charge on any atom is -0.388 e. The van der Waals surface area contributed by atoms with Crippen molar-refractivity contribution in [2.45, 2.75) is 27.3 Å². The van der Waals surface area contributed by atoms with Crippen LogP contribution in [0.25, 0.3) is 11.5 Å². The molecule has 0 aliphatic heterocycles. The minimum atomic E-state index is -0.801. The van der Waals surface area contributed by atoms with E-state index in [9.17, 15) is 18.8 Å². The lowest BCUT2D eigenvalue weighted by Gasteiger charge is -2.00. The Labute approximate surface area is 147 Å². The summed E-state index contributed by atoms with van der Waals surface area (Å²) in [4.78, 5) is 39.1. The number of rotatable bonds is 5. The van der Waals surface area contributed by atoms with Gasteiger partial charge < -0.3 is 9.40 Å². The first-order valence-corrected chi connectivity index (χ1v) is 7.85. The topological polar surface area (TPSA) is 98.0 Å². The standard InChI is InChI=1S/C18H16FN3O4/c1-9-15(11(3)23)10(2)20-16(9)14(24)8-22-18(25)26-17(21-22)12-4-6-13(19)7-5-12/h4-7,20H,8H2,1-3H3. The number of Topliss-reactive ketones (excluding diaryl/α,β-unsaturated/α-hetero) is 2. The van der Waals surface area contributed by atoms with Crippen molar-refractivity contribution in [2.75, 3.05) is 0 Å². The molecule has 0 radical (unpaired) electrons. The first-order chi connectivity index (χ1) is 12.3. The molecule has 0 amide bonds. The summed E-state index contributed by atoms with van der Waals surface area (Å²) >= 11 is 0. The number of aromatic amines is 1. The van der Waals surface area contributed by atoms with Crippen LogP contribution in [-0.2, 0) is 6.54 Å². The lowest BCUT2D eigenvalue weighted by atomic mass is 10.1. The first-order valence-electron chi connectivity index (χ1n) is 7.85. The second-order valence-corrected chi connectivity index (χ2v) is 5.94. The Kier molecular flexibility index (Phi) is 4.41. The number of hydrogen-bond acceptors (Lipinski definition) is 5.